The SMILES string of the molecule is NCC1(c2ccc(OC(F)F)cc2F)CCC(O)CC1. The van der Waals surface area contributed by atoms with Crippen molar-refractivity contribution in [2.24, 2.45) is 5.73 Å². The minimum absolute atomic E-state index is 0.204. The highest BCUT2D eigenvalue weighted by Gasteiger charge is 2.37. The van der Waals surface area contributed by atoms with E-state index in [-0.39, 0.29) is 18.4 Å². The third kappa shape index (κ3) is 3.07. The summed E-state index contributed by atoms with van der Waals surface area (Å²) < 4.78 is 42.5. The summed E-state index contributed by atoms with van der Waals surface area (Å²) in [5.41, 5.74) is 5.68. The first-order valence-electron chi connectivity index (χ1n) is 6.60. The third-order valence-electron chi connectivity index (χ3n) is 4.04. The Bertz CT molecular complexity index is 460. The molecule has 20 heavy (non-hydrogen) atoms. The zero-order valence-electron chi connectivity index (χ0n) is 11.0. The first-order chi connectivity index (χ1) is 9.47. The molecule has 1 aliphatic carbocycles. The molecular weight excluding hydrogens is 271 g/mol. The van der Waals surface area contributed by atoms with Crippen LogP contribution in [0.1, 0.15) is 31.2 Å². The van der Waals surface area contributed by atoms with Gasteiger partial charge >= 0.3 is 6.61 Å². The van der Waals surface area contributed by atoms with Gasteiger partial charge in [-0.15, -0.1) is 0 Å². The van der Waals surface area contributed by atoms with Crippen LogP contribution in [0.5, 0.6) is 5.75 Å². The Morgan fingerprint density at radius 2 is 2.00 bits per heavy atom. The van der Waals surface area contributed by atoms with Crippen LogP contribution >= 0.6 is 0 Å². The minimum atomic E-state index is -2.98. The Labute approximate surface area is 115 Å². The molecular formula is C14H18F3NO2. The van der Waals surface area contributed by atoms with Gasteiger partial charge in [0.25, 0.3) is 0 Å². The van der Waals surface area contributed by atoms with E-state index in [0.717, 1.165) is 6.07 Å². The standard InChI is InChI=1S/C14H18F3NO2/c15-12-7-10(20-13(16)17)1-2-11(12)14(8-18)5-3-9(19)4-6-14/h1-2,7,9,13,19H,3-6,8,18H2. The molecule has 6 heteroatoms. The van der Waals surface area contributed by atoms with Gasteiger partial charge in [-0.25, -0.2) is 4.39 Å². The monoisotopic (exact) mass is 289 g/mol. The molecule has 3 nitrogen and oxygen atoms in total. The summed E-state index contributed by atoms with van der Waals surface area (Å²) in [6.45, 7) is -2.72. The average molecular weight is 289 g/mol. The van der Waals surface area contributed by atoms with Crippen molar-refractivity contribution in [2.45, 2.75) is 43.8 Å². The number of nitrogens with two attached hydrogens (primary N) is 1. The van der Waals surface area contributed by atoms with E-state index in [1.807, 2.05) is 0 Å². The second-order valence-electron chi connectivity index (χ2n) is 5.24. The normalized spacial score (nSPS) is 26.8. The molecule has 0 bridgehead atoms. The molecule has 112 valence electrons. The zero-order valence-corrected chi connectivity index (χ0v) is 11.0. The van der Waals surface area contributed by atoms with Gasteiger partial charge in [-0.05, 0) is 37.3 Å². The van der Waals surface area contributed by atoms with Crippen LogP contribution in [0.2, 0.25) is 0 Å². The summed E-state index contributed by atoms with van der Waals surface area (Å²) in [5, 5.41) is 9.56. The second-order valence-corrected chi connectivity index (χ2v) is 5.24. The Morgan fingerprint density at radius 1 is 1.35 bits per heavy atom. The summed E-state index contributed by atoms with van der Waals surface area (Å²) in [6, 6.07) is 3.74. The quantitative estimate of drug-likeness (QED) is 0.895. The molecule has 0 saturated heterocycles. The van der Waals surface area contributed by atoms with Crippen molar-refractivity contribution >= 4 is 0 Å². The molecule has 0 spiro atoms. The van der Waals surface area contributed by atoms with Crippen LogP contribution < -0.4 is 10.5 Å². The van der Waals surface area contributed by atoms with E-state index in [2.05, 4.69) is 4.74 Å². The van der Waals surface area contributed by atoms with Crippen molar-refractivity contribution in [3.63, 3.8) is 0 Å². The molecule has 0 atom stereocenters. The molecule has 0 aromatic heterocycles. The molecule has 0 radical (unpaired) electrons. The molecule has 0 amide bonds. The first kappa shape index (κ1) is 15.1. The van der Waals surface area contributed by atoms with Crippen LogP contribution in [-0.2, 0) is 5.41 Å². The van der Waals surface area contributed by atoms with Crippen molar-refractivity contribution in [3.8, 4) is 5.75 Å². The van der Waals surface area contributed by atoms with Gasteiger partial charge in [0.15, 0.2) is 0 Å². The fraction of sp³-hybridized carbons (Fsp3) is 0.571. The van der Waals surface area contributed by atoms with Crippen molar-refractivity contribution in [1.29, 1.82) is 0 Å². The van der Waals surface area contributed by atoms with E-state index in [0.29, 0.717) is 31.2 Å². The summed E-state index contributed by atoms with van der Waals surface area (Å²) in [5.74, 6) is -0.797. The molecule has 1 saturated carbocycles. The lowest BCUT2D eigenvalue weighted by atomic mass is 9.68. The van der Waals surface area contributed by atoms with E-state index in [4.69, 9.17) is 5.73 Å². The van der Waals surface area contributed by atoms with Crippen molar-refractivity contribution < 1.29 is 23.0 Å². The molecule has 1 aromatic carbocycles. The van der Waals surface area contributed by atoms with Gasteiger partial charge in [0.05, 0.1) is 6.10 Å². The Hall–Kier alpha value is -1.27. The van der Waals surface area contributed by atoms with E-state index in [1.54, 1.807) is 0 Å². The lowest BCUT2D eigenvalue weighted by Crippen LogP contribution is -2.40. The number of ether oxygens (including phenoxy) is 1. The van der Waals surface area contributed by atoms with Gasteiger partial charge in [0.2, 0.25) is 0 Å². The van der Waals surface area contributed by atoms with Crippen LogP contribution in [-0.4, -0.2) is 24.4 Å². The maximum Gasteiger partial charge on any atom is 0.387 e. The third-order valence-corrected chi connectivity index (χ3v) is 4.04. The fourth-order valence-electron chi connectivity index (χ4n) is 2.84. The van der Waals surface area contributed by atoms with Crippen LogP contribution in [0.3, 0.4) is 0 Å². The van der Waals surface area contributed by atoms with Gasteiger partial charge in [0, 0.05) is 18.0 Å². The predicted molar refractivity (Wildman–Crippen MR) is 68.2 cm³/mol. The van der Waals surface area contributed by atoms with Crippen LogP contribution in [0.15, 0.2) is 18.2 Å². The van der Waals surface area contributed by atoms with E-state index in [1.165, 1.54) is 12.1 Å². The van der Waals surface area contributed by atoms with Gasteiger partial charge < -0.3 is 15.6 Å². The number of aliphatic hydroxyl groups is 1. The van der Waals surface area contributed by atoms with Gasteiger partial charge in [0.1, 0.15) is 11.6 Å². The number of halogens is 3. The summed E-state index contributed by atoms with van der Waals surface area (Å²) >= 11 is 0. The number of rotatable bonds is 4. The summed E-state index contributed by atoms with van der Waals surface area (Å²) in [6.07, 6.45) is 1.91. The number of benzene rings is 1. The molecule has 1 fully saturated rings. The second kappa shape index (κ2) is 6.01. The van der Waals surface area contributed by atoms with Crippen LogP contribution in [0, 0.1) is 5.82 Å². The van der Waals surface area contributed by atoms with Crippen LogP contribution in [0.25, 0.3) is 0 Å². The molecule has 0 aliphatic heterocycles. The smallest absolute Gasteiger partial charge is 0.387 e. The predicted octanol–water partition coefficient (Wildman–Crippen LogP) is 2.56. The largest absolute Gasteiger partial charge is 0.435 e. The van der Waals surface area contributed by atoms with E-state index < -0.39 is 17.8 Å². The topological polar surface area (TPSA) is 55.5 Å². The maximum atomic E-state index is 14.2. The van der Waals surface area contributed by atoms with E-state index >= 15 is 0 Å². The highest BCUT2D eigenvalue weighted by Crippen LogP contribution is 2.40. The van der Waals surface area contributed by atoms with Crippen LogP contribution in [0.4, 0.5) is 13.2 Å². The number of alkyl halides is 2. The van der Waals surface area contributed by atoms with Crippen molar-refractivity contribution in [1.82, 2.24) is 0 Å². The lowest BCUT2D eigenvalue weighted by molar-refractivity contribution is -0.0500. The Morgan fingerprint density at radius 3 is 2.50 bits per heavy atom. The zero-order chi connectivity index (χ0) is 14.8. The number of aliphatic hydroxyl groups excluding tert-OH is 1. The lowest BCUT2D eigenvalue weighted by Gasteiger charge is -2.38. The van der Waals surface area contributed by atoms with Gasteiger partial charge in [-0.1, -0.05) is 6.07 Å². The average Bonchev–Trinajstić information content (AvgIpc) is 2.40. The van der Waals surface area contributed by atoms with E-state index in [9.17, 15) is 18.3 Å². The molecule has 1 aliphatic rings. The minimum Gasteiger partial charge on any atom is -0.435 e. The highest BCUT2D eigenvalue weighted by atomic mass is 19.3. The number of hydrogen-bond acceptors (Lipinski definition) is 3. The van der Waals surface area contributed by atoms with Crippen molar-refractivity contribution in [2.75, 3.05) is 6.54 Å². The first-order valence-corrected chi connectivity index (χ1v) is 6.60. The molecule has 0 unspecified atom stereocenters. The van der Waals surface area contributed by atoms with Gasteiger partial charge in [-0.3, -0.25) is 0 Å². The highest BCUT2D eigenvalue weighted by molar-refractivity contribution is 5.35. The molecule has 3 N–H and O–H groups in total. The van der Waals surface area contributed by atoms with Crippen molar-refractivity contribution in [3.05, 3.63) is 29.6 Å². The number of hydrogen-bond donors (Lipinski definition) is 2. The van der Waals surface area contributed by atoms with Gasteiger partial charge in [-0.2, -0.15) is 8.78 Å². The molecule has 1 aromatic rings. The Kier molecular flexibility index (Phi) is 4.55. The Balaban J connectivity index is 2.26. The summed E-state index contributed by atoms with van der Waals surface area (Å²) in [4.78, 5) is 0. The fourth-order valence-corrected chi connectivity index (χ4v) is 2.84. The maximum absolute atomic E-state index is 14.2. The molecule has 2 rings (SSSR count). The molecule has 0 heterocycles. The summed E-state index contributed by atoms with van der Waals surface area (Å²) in [7, 11) is 0.